The number of ether oxygens (including phenoxy) is 1. The van der Waals surface area contributed by atoms with E-state index in [-0.39, 0.29) is 5.92 Å². The molecule has 0 aliphatic heterocycles. The Morgan fingerprint density at radius 3 is 2.00 bits per heavy atom. The maximum atomic E-state index is 9.47. The Kier molecular flexibility index (Phi) is 8.07. The number of benzene rings is 3. The van der Waals surface area contributed by atoms with Crippen molar-refractivity contribution < 1.29 is 14.8 Å². The van der Waals surface area contributed by atoms with Crippen LogP contribution in [0.25, 0.3) is 5.57 Å². The van der Waals surface area contributed by atoms with Gasteiger partial charge in [0, 0.05) is 12.5 Å². The summed E-state index contributed by atoms with van der Waals surface area (Å²) in [5, 5.41) is 18.9. The van der Waals surface area contributed by atoms with Gasteiger partial charge in [-0.1, -0.05) is 72.8 Å². The van der Waals surface area contributed by atoms with Crippen molar-refractivity contribution in [2.24, 2.45) is 0 Å². The van der Waals surface area contributed by atoms with Gasteiger partial charge in [-0.05, 0) is 60.9 Å². The van der Waals surface area contributed by atoms with E-state index in [1.165, 1.54) is 5.57 Å². The molecule has 0 aliphatic rings. The van der Waals surface area contributed by atoms with Crippen LogP contribution >= 0.6 is 0 Å². The molecule has 160 valence electrons. The fourth-order valence-corrected chi connectivity index (χ4v) is 3.65. The minimum atomic E-state index is -1.47. The average molecular weight is 415 g/mol. The number of allylic oxidation sites excluding steroid dienone is 2. The molecule has 0 bridgehead atoms. The summed E-state index contributed by atoms with van der Waals surface area (Å²) in [6, 6.07) is 26.1. The zero-order chi connectivity index (χ0) is 22.2. The molecule has 1 atom stereocenters. The lowest BCUT2D eigenvalue weighted by molar-refractivity contribution is 0.261. The van der Waals surface area contributed by atoms with E-state index in [0.29, 0.717) is 12.1 Å². The minimum Gasteiger partial charge on any atom is -0.492 e. The van der Waals surface area contributed by atoms with Gasteiger partial charge in [-0.25, -0.2) is 0 Å². The zero-order valence-corrected chi connectivity index (χ0v) is 18.4. The van der Waals surface area contributed by atoms with E-state index in [1.54, 1.807) is 12.1 Å². The van der Waals surface area contributed by atoms with Crippen molar-refractivity contribution in [2.75, 3.05) is 27.2 Å². The third-order valence-corrected chi connectivity index (χ3v) is 5.32. The quantitative estimate of drug-likeness (QED) is 0.525. The van der Waals surface area contributed by atoms with Crippen LogP contribution in [0.4, 0.5) is 0 Å². The van der Waals surface area contributed by atoms with Crippen molar-refractivity contribution in [3.8, 4) is 5.75 Å². The fourth-order valence-electron chi connectivity index (χ4n) is 3.65. The molecule has 0 aromatic heterocycles. The molecule has 3 aromatic rings. The molecular formula is C26H30BNO3. The molecule has 0 saturated heterocycles. The van der Waals surface area contributed by atoms with Crippen molar-refractivity contribution in [2.45, 2.75) is 12.8 Å². The highest BCUT2D eigenvalue weighted by atomic mass is 16.5. The molecule has 0 spiro atoms. The number of nitrogens with zero attached hydrogens (tertiary/aromatic N) is 1. The predicted molar refractivity (Wildman–Crippen MR) is 129 cm³/mol. The summed E-state index contributed by atoms with van der Waals surface area (Å²) in [7, 11) is 2.59. The average Bonchev–Trinajstić information content (AvgIpc) is 2.78. The molecule has 3 aromatic carbocycles. The first-order valence-electron chi connectivity index (χ1n) is 10.5. The summed E-state index contributed by atoms with van der Waals surface area (Å²) in [6.45, 7) is 3.56. The number of hydrogen-bond donors (Lipinski definition) is 2. The first-order chi connectivity index (χ1) is 15.0. The Bertz CT molecular complexity index is 968. The molecule has 4 nitrogen and oxygen atoms in total. The van der Waals surface area contributed by atoms with E-state index in [2.05, 4.69) is 42.2 Å². The van der Waals surface area contributed by atoms with E-state index in [9.17, 15) is 10.0 Å². The summed E-state index contributed by atoms with van der Waals surface area (Å²) < 4.78 is 5.86. The van der Waals surface area contributed by atoms with E-state index in [4.69, 9.17) is 4.74 Å². The van der Waals surface area contributed by atoms with E-state index in [0.717, 1.165) is 29.0 Å². The Morgan fingerprint density at radius 1 is 0.903 bits per heavy atom. The van der Waals surface area contributed by atoms with Gasteiger partial charge in [-0.15, -0.1) is 0 Å². The van der Waals surface area contributed by atoms with Crippen LogP contribution in [0, 0.1) is 0 Å². The topological polar surface area (TPSA) is 52.9 Å². The summed E-state index contributed by atoms with van der Waals surface area (Å²) in [5.41, 5.74) is 5.07. The lowest BCUT2D eigenvalue weighted by Gasteiger charge is -2.23. The highest BCUT2D eigenvalue weighted by molar-refractivity contribution is 6.58. The second-order valence-corrected chi connectivity index (χ2v) is 7.80. The van der Waals surface area contributed by atoms with Crippen molar-refractivity contribution >= 4 is 18.2 Å². The number of rotatable bonds is 9. The monoisotopic (exact) mass is 415 g/mol. The first-order valence-corrected chi connectivity index (χ1v) is 10.5. The summed E-state index contributed by atoms with van der Waals surface area (Å²) in [5.74, 6) is 0.859. The first kappa shape index (κ1) is 22.8. The molecule has 0 fully saturated rings. The van der Waals surface area contributed by atoms with Crippen LogP contribution in [0.3, 0.4) is 0 Å². The smallest absolute Gasteiger partial charge is 0.488 e. The van der Waals surface area contributed by atoms with Crippen molar-refractivity contribution in [1.29, 1.82) is 0 Å². The number of hydrogen-bond acceptors (Lipinski definition) is 4. The van der Waals surface area contributed by atoms with Crippen LogP contribution in [-0.2, 0) is 0 Å². The molecule has 0 saturated carbocycles. The normalized spacial score (nSPS) is 12.6. The molecule has 31 heavy (non-hydrogen) atoms. The second kappa shape index (κ2) is 11.0. The van der Waals surface area contributed by atoms with E-state index < -0.39 is 7.12 Å². The lowest BCUT2D eigenvalue weighted by Crippen LogP contribution is -2.29. The Morgan fingerprint density at radius 2 is 1.48 bits per heavy atom. The third-order valence-electron chi connectivity index (χ3n) is 5.32. The second-order valence-electron chi connectivity index (χ2n) is 7.80. The fraction of sp³-hybridized carbons (Fsp3) is 0.231. The van der Waals surface area contributed by atoms with Crippen LogP contribution < -0.4 is 10.2 Å². The van der Waals surface area contributed by atoms with Gasteiger partial charge in [0.15, 0.2) is 0 Å². The third kappa shape index (κ3) is 6.08. The van der Waals surface area contributed by atoms with E-state index >= 15 is 0 Å². The maximum absolute atomic E-state index is 9.47. The molecular weight excluding hydrogens is 385 g/mol. The van der Waals surface area contributed by atoms with Crippen LogP contribution in [-0.4, -0.2) is 49.3 Å². The Labute approximate surface area is 185 Å². The van der Waals surface area contributed by atoms with Gasteiger partial charge < -0.3 is 19.7 Å². The molecule has 0 radical (unpaired) electrons. The van der Waals surface area contributed by atoms with Crippen molar-refractivity contribution in [3.63, 3.8) is 0 Å². The summed E-state index contributed by atoms with van der Waals surface area (Å²) >= 11 is 0. The molecule has 1 unspecified atom stereocenters. The van der Waals surface area contributed by atoms with Gasteiger partial charge in [-0.2, -0.15) is 0 Å². The van der Waals surface area contributed by atoms with Crippen LogP contribution in [0.5, 0.6) is 5.75 Å². The molecule has 0 amide bonds. The van der Waals surface area contributed by atoms with Crippen LogP contribution in [0.1, 0.15) is 29.5 Å². The molecule has 2 N–H and O–H groups in total. The number of likely N-dealkylation sites (N-methyl/N-ethyl adjacent to an activating group) is 1. The molecule has 0 aliphatic carbocycles. The minimum absolute atomic E-state index is 0.00751. The van der Waals surface area contributed by atoms with Gasteiger partial charge in [0.05, 0.1) is 0 Å². The van der Waals surface area contributed by atoms with Gasteiger partial charge in [0.1, 0.15) is 12.4 Å². The predicted octanol–water partition coefficient (Wildman–Crippen LogP) is 3.54. The van der Waals surface area contributed by atoms with Crippen molar-refractivity contribution in [3.05, 3.63) is 102 Å². The van der Waals surface area contributed by atoms with Gasteiger partial charge in [0.2, 0.25) is 0 Å². The highest BCUT2D eigenvalue weighted by Crippen LogP contribution is 2.38. The Hall–Kier alpha value is -2.86. The SMILES string of the molecule is CC=C(c1ccccc1)C(c1ccc(OCCN(C)C)cc1)c1ccc(B(O)O)cc1. The van der Waals surface area contributed by atoms with E-state index in [1.807, 2.05) is 56.6 Å². The molecule has 0 heterocycles. The molecule has 5 heteroatoms. The van der Waals surface area contributed by atoms with Gasteiger partial charge in [0.25, 0.3) is 0 Å². The zero-order valence-electron chi connectivity index (χ0n) is 18.4. The summed E-state index contributed by atoms with van der Waals surface area (Å²) in [6.07, 6.45) is 2.15. The van der Waals surface area contributed by atoms with Crippen molar-refractivity contribution in [1.82, 2.24) is 4.90 Å². The maximum Gasteiger partial charge on any atom is 0.488 e. The summed E-state index contributed by atoms with van der Waals surface area (Å²) in [4.78, 5) is 2.09. The van der Waals surface area contributed by atoms with Gasteiger partial charge >= 0.3 is 7.12 Å². The van der Waals surface area contributed by atoms with Crippen LogP contribution in [0.2, 0.25) is 0 Å². The highest BCUT2D eigenvalue weighted by Gasteiger charge is 2.21. The lowest BCUT2D eigenvalue weighted by atomic mass is 9.77. The standard InChI is InChI=1S/C26H30BNO3/c1-4-25(20-8-6-5-7-9-20)26(21-10-14-23(15-11-21)27(29)30)22-12-16-24(17-13-22)31-19-18-28(2)3/h4-17,26,29-30H,18-19H2,1-3H3. The Balaban J connectivity index is 1.96. The molecule has 3 rings (SSSR count). The van der Waals surface area contributed by atoms with Gasteiger partial charge in [-0.3, -0.25) is 0 Å². The largest absolute Gasteiger partial charge is 0.492 e. The van der Waals surface area contributed by atoms with Crippen LogP contribution in [0.15, 0.2) is 84.9 Å².